The molecule has 4 aromatic rings. The normalized spacial score (nSPS) is 24.8. The van der Waals surface area contributed by atoms with Crippen LogP contribution in [0, 0.1) is 12.3 Å². The van der Waals surface area contributed by atoms with Gasteiger partial charge in [-0.3, -0.25) is 14.0 Å². The third kappa shape index (κ3) is 2.80. The molecule has 2 N–H and O–H groups in total. The SMILES string of the molecule is Cc1nc2ccccn2c1C(=O)NC1CC2(C1)CC(c1n[nH]c(=O)c3ccccc13)C2. The first-order valence-electron chi connectivity index (χ1n) is 10.7. The molecule has 0 aliphatic heterocycles. The highest BCUT2D eigenvalue weighted by atomic mass is 16.2. The molecule has 31 heavy (non-hydrogen) atoms. The number of hydrogen-bond acceptors (Lipinski definition) is 4. The maximum absolute atomic E-state index is 12.9. The Hall–Kier alpha value is -3.48. The van der Waals surface area contributed by atoms with Gasteiger partial charge in [0.25, 0.3) is 11.5 Å². The van der Waals surface area contributed by atoms with E-state index in [4.69, 9.17) is 0 Å². The number of pyridine rings is 1. The predicted octanol–water partition coefficient (Wildman–Crippen LogP) is 3.34. The Labute approximate surface area is 178 Å². The fourth-order valence-electron chi connectivity index (χ4n) is 5.69. The van der Waals surface area contributed by atoms with Gasteiger partial charge in [0.2, 0.25) is 0 Å². The van der Waals surface area contributed by atoms with Gasteiger partial charge in [0.1, 0.15) is 11.3 Å². The molecule has 0 unspecified atom stereocenters. The second-order valence-electron chi connectivity index (χ2n) is 9.14. The molecule has 1 amide bonds. The number of nitrogens with zero attached hydrogens (tertiary/aromatic N) is 3. The Kier molecular flexibility index (Phi) is 3.84. The fraction of sp³-hybridized carbons (Fsp3) is 0.333. The summed E-state index contributed by atoms with van der Waals surface area (Å²) in [5.74, 6) is 0.305. The standard InChI is InChI=1S/C24H23N5O2/c1-14-21(29-9-5-4-8-19(29)25-14)23(31)26-16-12-24(13-16)10-15(11-24)20-17-6-2-3-7-18(17)22(30)28-27-20/h2-9,15-16H,10-13H2,1H3,(H,26,31)(H,28,30). The molecular formula is C24H23N5O2. The first-order chi connectivity index (χ1) is 15.0. The van der Waals surface area contributed by atoms with Gasteiger partial charge in [0.05, 0.1) is 16.8 Å². The van der Waals surface area contributed by atoms with Crippen molar-refractivity contribution in [2.45, 2.75) is 44.6 Å². The van der Waals surface area contributed by atoms with Crippen LogP contribution in [0.2, 0.25) is 0 Å². The van der Waals surface area contributed by atoms with Gasteiger partial charge in [0, 0.05) is 23.5 Å². The smallest absolute Gasteiger partial charge is 0.272 e. The van der Waals surface area contributed by atoms with Crippen molar-refractivity contribution in [3.63, 3.8) is 0 Å². The molecule has 2 aliphatic carbocycles. The van der Waals surface area contributed by atoms with E-state index in [1.807, 2.05) is 60.0 Å². The van der Waals surface area contributed by atoms with E-state index in [2.05, 4.69) is 20.5 Å². The number of aromatic nitrogens is 4. The molecule has 2 aliphatic rings. The quantitative estimate of drug-likeness (QED) is 0.539. The van der Waals surface area contributed by atoms with E-state index >= 15 is 0 Å². The van der Waals surface area contributed by atoms with Gasteiger partial charge in [-0.2, -0.15) is 5.10 Å². The first kappa shape index (κ1) is 18.3. The second-order valence-corrected chi connectivity index (χ2v) is 9.14. The highest BCUT2D eigenvalue weighted by Crippen LogP contribution is 2.62. The summed E-state index contributed by atoms with van der Waals surface area (Å²) in [7, 11) is 0. The topological polar surface area (TPSA) is 92.2 Å². The largest absolute Gasteiger partial charge is 0.348 e. The minimum Gasteiger partial charge on any atom is -0.348 e. The van der Waals surface area contributed by atoms with Crippen LogP contribution in [0.4, 0.5) is 0 Å². The number of hydrogen-bond donors (Lipinski definition) is 2. The molecule has 0 saturated heterocycles. The predicted molar refractivity (Wildman–Crippen MR) is 117 cm³/mol. The molecule has 6 rings (SSSR count). The summed E-state index contributed by atoms with van der Waals surface area (Å²) in [6.07, 6.45) is 5.97. The van der Waals surface area contributed by atoms with Crippen LogP contribution < -0.4 is 10.9 Å². The number of carbonyl (C=O) groups is 1. The second kappa shape index (κ2) is 6.51. The summed E-state index contributed by atoms with van der Waals surface area (Å²) >= 11 is 0. The average Bonchev–Trinajstić information content (AvgIpc) is 3.05. The Bertz CT molecular complexity index is 1390. The van der Waals surface area contributed by atoms with E-state index in [9.17, 15) is 9.59 Å². The number of fused-ring (bicyclic) bond motifs is 2. The van der Waals surface area contributed by atoms with Crippen LogP contribution in [0.1, 0.15) is 53.5 Å². The van der Waals surface area contributed by atoms with Crippen molar-refractivity contribution in [1.29, 1.82) is 0 Å². The number of H-pyrrole nitrogens is 1. The minimum absolute atomic E-state index is 0.0554. The maximum Gasteiger partial charge on any atom is 0.272 e. The van der Waals surface area contributed by atoms with E-state index in [0.717, 1.165) is 48.1 Å². The van der Waals surface area contributed by atoms with E-state index in [1.165, 1.54) is 0 Å². The zero-order valence-corrected chi connectivity index (χ0v) is 17.3. The molecule has 3 heterocycles. The lowest BCUT2D eigenvalue weighted by Gasteiger charge is -2.57. The number of aromatic amines is 1. The molecule has 1 spiro atoms. The van der Waals surface area contributed by atoms with Crippen LogP contribution in [-0.2, 0) is 0 Å². The molecule has 0 atom stereocenters. The van der Waals surface area contributed by atoms with Crippen LogP contribution in [0.3, 0.4) is 0 Å². The van der Waals surface area contributed by atoms with Gasteiger partial charge in [-0.25, -0.2) is 10.1 Å². The Balaban J connectivity index is 1.13. The van der Waals surface area contributed by atoms with E-state index in [1.54, 1.807) is 0 Å². The lowest BCUT2D eigenvalue weighted by molar-refractivity contribution is -0.0197. The third-order valence-electron chi connectivity index (χ3n) is 7.08. The van der Waals surface area contributed by atoms with Crippen molar-refractivity contribution in [2.75, 3.05) is 0 Å². The molecule has 2 saturated carbocycles. The zero-order chi connectivity index (χ0) is 21.2. The lowest BCUT2D eigenvalue weighted by atomic mass is 9.49. The van der Waals surface area contributed by atoms with Gasteiger partial charge in [-0.15, -0.1) is 0 Å². The van der Waals surface area contributed by atoms with Gasteiger partial charge < -0.3 is 5.32 Å². The van der Waals surface area contributed by atoms with Crippen molar-refractivity contribution < 1.29 is 4.79 Å². The summed E-state index contributed by atoms with van der Waals surface area (Å²) in [6, 6.07) is 13.6. The molecule has 0 bridgehead atoms. The molecule has 7 heteroatoms. The van der Waals surface area contributed by atoms with E-state index in [0.29, 0.717) is 17.0 Å². The fourth-order valence-corrected chi connectivity index (χ4v) is 5.69. The summed E-state index contributed by atoms with van der Waals surface area (Å²) in [5.41, 5.74) is 3.30. The van der Waals surface area contributed by atoms with Crippen molar-refractivity contribution in [2.24, 2.45) is 5.41 Å². The third-order valence-corrected chi connectivity index (χ3v) is 7.08. The maximum atomic E-state index is 12.9. The van der Waals surface area contributed by atoms with Crippen LogP contribution in [-0.4, -0.2) is 31.5 Å². The van der Waals surface area contributed by atoms with E-state index < -0.39 is 0 Å². The molecule has 0 radical (unpaired) electrons. The van der Waals surface area contributed by atoms with Crippen molar-refractivity contribution in [3.05, 3.63) is 76.1 Å². The Morgan fingerprint density at radius 2 is 1.84 bits per heavy atom. The minimum atomic E-state index is -0.137. The van der Waals surface area contributed by atoms with Crippen molar-refractivity contribution in [1.82, 2.24) is 24.9 Å². The van der Waals surface area contributed by atoms with Gasteiger partial charge >= 0.3 is 0 Å². The van der Waals surface area contributed by atoms with Gasteiger partial charge in [0.15, 0.2) is 0 Å². The number of imidazole rings is 1. The zero-order valence-electron chi connectivity index (χ0n) is 17.3. The molecule has 7 nitrogen and oxygen atoms in total. The van der Waals surface area contributed by atoms with Crippen molar-refractivity contribution in [3.8, 4) is 0 Å². The van der Waals surface area contributed by atoms with Crippen LogP contribution in [0.5, 0.6) is 0 Å². The highest BCUT2D eigenvalue weighted by molar-refractivity contribution is 5.95. The summed E-state index contributed by atoms with van der Waals surface area (Å²) in [5, 5.41) is 11.9. The number of amides is 1. The number of rotatable bonds is 3. The average molecular weight is 413 g/mol. The van der Waals surface area contributed by atoms with Crippen LogP contribution in [0.25, 0.3) is 16.4 Å². The Morgan fingerprint density at radius 1 is 1.10 bits per heavy atom. The molecule has 3 aromatic heterocycles. The van der Waals surface area contributed by atoms with Gasteiger partial charge in [-0.05, 0) is 56.2 Å². The van der Waals surface area contributed by atoms with Crippen LogP contribution in [0.15, 0.2) is 53.5 Å². The summed E-state index contributed by atoms with van der Waals surface area (Å²) in [4.78, 5) is 29.4. The van der Waals surface area contributed by atoms with Gasteiger partial charge in [-0.1, -0.05) is 24.3 Å². The van der Waals surface area contributed by atoms with E-state index in [-0.39, 0.29) is 22.9 Å². The molecule has 2 fully saturated rings. The summed E-state index contributed by atoms with van der Waals surface area (Å²) < 4.78 is 1.85. The summed E-state index contributed by atoms with van der Waals surface area (Å²) in [6.45, 7) is 1.88. The molecule has 156 valence electrons. The monoisotopic (exact) mass is 413 g/mol. The Morgan fingerprint density at radius 3 is 2.65 bits per heavy atom. The number of aryl methyl sites for hydroxylation is 1. The number of nitrogens with one attached hydrogen (secondary N) is 2. The number of carbonyl (C=O) groups excluding carboxylic acids is 1. The highest BCUT2D eigenvalue weighted by Gasteiger charge is 2.54. The first-order valence-corrected chi connectivity index (χ1v) is 10.7. The molecule has 1 aromatic carbocycles. The lowest BCUT2D eigenvalue weighted by Crippen LogP contribution is -2.56. The van der Waals surface area contributed by atoms with Crippen LogP contribution >= 0.6 is 0 Å². The molecular weight excluding hydrogens is 390 g/mol. The number of benzene rings is 1. The van der Waals surface area contributed by atoms with Crippen molar-refractivity contribution >= 4 is 22.3 Å².